The van der Waals surface area contributed by atoms with Gasteiger partial charge in [-0.15, -0.1) is 10.2 Å². The Labute approximate surface area is 83.3 Å². The topological polar surface area (TPSA) is 39.9 Å². The van der Waals surface area contributed by atoms with E-state index in [1.165, 1.54) is 0 Å². The Bertz CT molecular complexity index is 365. The van der Waals surface area contributed by atoms with Crippen LogP contribution in [0.3, 0.4) is 0 Å². The van der Waals surface area contributed by atoms with Crippen LogP contribution in [0.4, 0.5) is 0 Å². The molecule has 0 bridgehead atoms. The number of rotatable bonds is 1. The van der Waals surface area contributed by atoms with Crippen LogP contribution in [0.15, 0.2) is 0 Å². The van der Waals surface area contributed by atoms with Gasteiger partial charge in [-0.1, -0.05) is 13.8 Å². The first-order chi connectivity index (χ1) is 6.70. The summed E-state index contributed by atoms with van der Waals surface area (Å²) in [4.78, 5) is 0. The summed E-state index contributed by atoms with van der Waals surface area (Å²) >= 11 is 0. The number of hydrogen-bond acceptors (Lipinski definition) is 3. The first-order valence-electron chi connectivity index (χ1n) is 5.20. The Morgan fingerprint density at radius 1 is 1.36 bits per heavy atom. The average molecular weight is 193 g/mol. The van der Waals surface area contributed by atoms with Crippen molar-refractivity contribution in [1.29, 1.82) is 0 Å². The van der Waals surface area contributed by atoms with Crippen molar-refractivity contribution in [2.45, 2.75) is 32.7 Å². The van der Waals surface area contributed by atoms with Crippen molar-refractivity contribution >= 4 is 0 Å². The molecule has 2 aliphatic rings. The maximum absolute atomic E-state index is 5.30. The van der Waals surface area contributed by atoms with Gasteiger partial charge in [0.2, 0.25) is 0 Å². The maximum Gasteiger partial charge on any atom is 0.135 e. The van der Waals surface area contributed by atoms with Gasteiger partial charge in [0.15, 0.2) is 0 Å². The molecular weight excluding hydrogens is 178 g/mol. The number of hydrogen-bond donors (Lipinski definition) is 0. The maximum atomic E-state index is 5.30. The van der Waals surface area contributed by atoms with Crippen molar-refractivity contribution in [2.24, 2.45) is 5.41 Å². The van der Waals surface area contributed by atoms with Crippen molar-refractivity contribution in [1.82, 2.24) is 14.8 Å². The van der Waals surface area contributed by atoms with E-state index < -0.39 is 0 Å². The van der Waals surface area contributed by atoms with Gasteiger partial charge in [0.05, 0.1) is 13.2 Å². The van der Waals surface area contributed by atoms with Crippen molar-refractivity contribution in [3.05, 3.63) is 11.6 Å². The summed E-state index contributed by atoms with van der Waals surface area (Å²) in [7, 11) is 0. The van der Waals surface area contributed by atoms with Crippen LogP contribution in [0.5, 0.6) is 0 Å². The Kier molecular flexibility index (Phi) is 1.54. The minimum Gasteiger partial charge on any atom is -0.380 e. The molecule has 1 aromatic rings. The second-order valence-corrected chi connectivity index (χ2v) is 4.88. The van der Waals surface area contributed by atoms with E-state index in [0.717, 1.165) is 37.8 Å². The molecule has 0 radical (unpaired) electrons. The van der Waals surface area contributed by atoms with E-state index in [2.05, 4.69) is 28.6 Å². The molecule has 1 fully saturated rings. The quantitative estimate of drug-likeness (QED) is 0.667. The molecule has 4 heteroatoms. The third kappa shape index (κ3) is 0.974. The van der Waals surface area contributed by atoms with Crippen molar-refractivity contribution in [3.8, 4) is 0 Å². The van der Waals surface area contributed by atoms with E-state index in [-0.39, 0.29) is 0 Å². The molecular formula is C10H15N3O. The molecule has 0 N–H and O–H groups in total. The summed E-state index contributed by atoms with van der Waals surface area (Å²) in [6.45, 7) is 7.18. The summed E-state index contributed by atoms with van der Waals surface area (Å²) in [5, 5.41) is 8.49. The predicted molar refractivity (Wildman–Crippen MR) is 51.1 cm³/mol. The molecule has 0 atom stereocenters. The van der Waals surface area contributed by atoms with E-state index in [1.54, 1.807) is 0 Å². The summed E-state index contributed by atoms with van der Waals surface area (Å²) in [6.07, 6.45) is 1.05. The van der Waals surface area contributed by atoms with Gasteiger partial charge in [-0.3, -0.25) is 0 Å². The molecule has 1 spiro atoms. The molecule has 14 heavy (non-hydrogen) atoms. The van der Waals surface area contributed by atoms with Gasteiger partial charge in [0.1, 0.15) is 11.6 Å². The molecule has 4 nitrogen and oxygen atoms in total. The van der Waals surface area contributed by atoms with Crippen LogP contribution in [0.25, 0.3) is 0 Å². The number of aromatic nitrogens is 3. The highest BCUT2D eigenvalue weighted by Gasteiger charge is 2.46. The fourth-order valence-electron chi connectivity index (χ4n) is 2.39. The summed E-state index contributed by atoms with van der Waals surface area (Å²) in [6, 6.07) is 0. The SMILES string of the molecule is CC(C)c1nnc2n1CC1(COC1)C2. The van der Waals surface area contributed by atoms with E-state index in [1.807, 2.05) is 0 Å². The molecule has 1 saturated heterocycles. The third-order valence-electron chi connectivity index (χ3n) is 3.22. The predicted octanol–water partition coefficient (Wildman–Crippen LogP) is 0.974. The van der Waals surface area contributed by atoms with Crippen LogP contribution < -0.4 is 0 Å². The zero-order valence-electron chi connectivity index (χ0n) is 8.66. The summed E-state index contributed by atoms with van der Waals surface area (Å²) in [5.74, 6) is 2.74. The van der Waals surface area contributed by atoms with Crippen LogP contribution in [0.1, 0.15) is 31.4 Å². The molecule has 3 rings (SSSR count). The zero-order chi connectivity index (χ0) is 9.76. The number of ether oxygens (including phenoxy) is 1. The largest absolute Gasteiger partial charge is 0.380 e. The van der Waals surface area contributed by atoms with E-state index in [9.17, 15) is 0 Å². The molecule has 76 valence electrons. The van der Waals surface area contributed by atoms with Crippen LogP contribution >= 0.6 is 0 Å². The summed E-state index contributed by atoms with van der Waals surface area (Å²) in [5.41, 5.74) is 0.370. The monoisotopic (exact) mass is 193 g/mol. The highest BCUT2D eigenvalue weighted by Crippen LogP contribution is 2.39. The fourth-order valence-corrected chi connectivity index (χ4v) is 2.39. The van der Waals surface area contributed by atoms with Crippen LogP contribution in [-0.4, -0.2) is 28.0 Å². The van der Waals surface area contributed by atoms with Gasteiger partial charge in [-0.05, 0) is 0 Å². The Balaban J connectivity index is 1.95. The minimum absolute atomic E-state index is 0.370. The summed E-state index contributed by atoms with van der Waals surface area (Å²) < 4.78 is 7.58. The normalized spacial score (nSPS) is 22.8. The van der Waals surface area contributed by atoms with Crippen molar-refractivity contribution in [2.75, 3.05) is 13.2 Å². The molecule has 0 amide bonds. The van der Waals surface area contributed by atoms with Crippen LogP contribution in [0.2, 0.25) is 0 Å². The molecule has 0 aromatic carbocycles. The second kappa shape index (κ2) is 2.57. The lowest BCUT2D eigenvalue weighted by Crippen LogP contribution is -2.44. The minimum atomic E-state index is 0.370. The van der Waals surface area contributed by atoms with E-state index >= 15 is 0 Å². The van der Waals surface area contributed by atoms with Crippen LogP contribution in [0, 0.1) is 5.41 Å². The van der Waals surface area contributed by atoms with Gasteiger partial charge in [-0.2, -0.15) is 0 Å². The smallest absolute Gasteiger partial charge is 0.135 e. The highest BCUT2D eigenvalue weighted by atomic mass is 16.5. The molecule has 3 heterocycles. The Morgan fingerprint density at radius 3 is 2.71 bits per heavy atom. The molecule has 0 aliphatic carbocycles. The van der Waals surface area contributed by atoms with Crippen molar-refractivity contribution in [3.63, 3.8) is 0 Å². The average Bonchev–Trinajstić information content (AvgIpc) is 2.55. The lowest BCUT2D eigenvalue weighted by atomic mass is 9.85. The van der Waals surface area contributed by atoms with Gasteiger partial charge in [0, 0.05) is 24.3 Å². The standard InChI is InChI=1S/C10H15N3O/c1-7(2)9-12-11-8-3-10(4-13(8)9)5-14-6-10/h7H,3-6H2,1-2H3. The first kappa shape index (κ1) is 8.41. The molecule has 0 unspecified atom stereocenters. The molecule has 1 aromatic heterocycles. The number of nitrogens with zero attached hydrogens (tertiary/aromatic N) is 3. The lowest BCUT2D eigenvalue weighted by Gasteiger charge is -2.37. The number of fused-ring (bicyclic) bond motifs is 1. The van der Waals surface area contributed by atoms with Crippen LogP contribution in [-0.2, 0) is 17.7 Å². The Morgan fingerprint density at radius 2 is 2.14 bits per heavy atom. The zero-order valence-corrected chi connectivity index (χ0v) is 8.66. The second-order valence-electron chi connectivity index (χ2n) is 4.88. The van der Waals surface area contributed by atoms with Gasteiger partial charge in [-0.25, -0.2) is 0 Å². The molecule has 2 aliphatic heterocycles. The Hall–Kier alpha value is -0.900. The lowest BCUT2D eigenvalue weighted by molar-refractivity contribution is -0.112. The highest BCUT2D eigenvalue weighted by molar-refractivity contribution is 5.11. The van der Waals surface area contributed by atoms with E-state index in [4.69, 9.17) is 4.74 Å². The van der Waals surface area contributed by atoms with Gasteiger partial charge < -0.3 is 9.30 Å². The first-order valence-corrected chi connectivity index (χ1v) is 5.20. The molecule has 0 saturated carbocycles. The third-order valence-corrected chi connectivity index (χ3v) is 3.22. The fraction of sp³-hybridized carbons (Fsp3) is 0.800. The van der Waals surface area contributed by atoms with E-state index in [0.29, 0.717) is 11.3 Å². The van der Waals surface area contributed by atoms with Gasteiger partial charge in [0.25, 0.3) is 0 Å². The van der Waals surface area contributed by atoms with Crippen molar-refractivity contribution < 1.29 is 4.74 Å². The van der Waals surface area contributed by atoms with Gasteiger partial charge >= 0.3 is 0 Å².